The van der Waals surface area contributed by atoms with E-state index in [-0.39, 0.29) is 11.6 Å². The molecule has 0 unspecified atom stereocenters. The van der Waals surface area contributed by atoms with Crippen molar-refractivity contribution in [2.24, 2.45) is 4.99 Å². The van der Waals surface area contributed by atoms with Crippen LogP contribution < -0.4 is 4.74 Å². The number of hydrogen-bond donors (Lipinski definition) is 0. The maximum Gasteiger partial charge on any atom is 0.278 e. The molecule has 0 fully saturated rings. The minimum atomic E-state index is -0.268. The van der Waals surface area contributed by atoms with Crippen molar-refractivity contribution in [1.29, 1.82) is 5.26 Å². The summed E-state index contributed by atoms with van der Waals surface area (Å²) in [5.74, 6) is 0.391. The number of aromatic nitrogens is 2. The Morgan fingerprint density at radius 1 is 1.33 bits per heavy atom. The fraction of sp³-hybridized carbons (Fsp3) is 0.200. The molecule has 0 spiro atoms. The summed E-state index contributed by atoms with van der Waals surface area (Å²) in [5.41, 5.74) is 4.78. The number of rotatable bonds is 6. The lowest BCUT2D eigenvalue weighted by Crippen LogP contribution is -2.27. The highest BCUT2D eigenvalue weighted by Gasteiger charge is 2.22. The van der Waals surface area contributed by atoms with Crippen LogP contribution in [0.2, 0.25) is 0 Å². The molecule has 3 heterocycles. The zero-order valence-corrected chi connectivity index (χ0v) is 18.2. The topological polar surface area (TPSA) is 95.8 Å². The summed E-state index contributed by atoms with van der Waals surface area (Å²) in [6.07, 6.45) is 3.30. The Morgan fingerprint density at radius 2 is 2.18 bits per heavy atom. The standard InChI is InChI=1S/C25H20N6O2/c1-4-33-24-19(17-7-5-6-16(10-17)11-26)8-9-22(30-24)25(32)31(3)15-18-12-29-23(27-2)21-14-28-13-20(18)21/h5-10,12,14H,4,13,15H2,1,3H3. The molecule has 33 heavy (non-hydrogen) atoms. The number of amides is 1. The average Bonchev–Trinajstić information content (AvgIpc) is 3.34. The van der Waals surface area contributed by atoms with E-state index >= 15 is 0 Å². The summed E-state index contributed by atoms with van der Waals surface area (Å²) >= 11 is 0. The molecule has 162 valence electrons. The van der Waals surface area contributed by atoms with E-state index in [4.69, 9.17) is 11.3 Å². The molecule has 0 aliphatic carbocycles. The van der Waals surface area contributed by atoms with Crippen molar-refractivity contribution >= 4 is 17.9 Å². The normalized spacial score (nSPS) is 11.4. The molecule has 0 saturated carbocycles. The van der Waals surface area contributed by atoms with Gasteiger partial charge in [-0.25, -0.2) is 4.98 Å². The van der Waals surface area contributed by atoms with Crippen LogP contribution >= 0.6 is 0 Å². The van der Waals surface area contributed by atoms with Gasteiger partial charge in [0.1, 0.15) is 11.9 Å². The van der Waals surface area contributed by atoms with Gasteiger partial charge in [0.15, 0.2) is 0 Å². The lowest BCUT2D eigenvalue weighted by Gasteiger charge is -2.19. The number of nitriles is 1. The third-order valence-electron chi connectivity index (χ3n) is 5.29. The molecule has 0 radical (unpaired) electrons. The van der Waals surface area contributed by atoms with Crippen LogP contribution in [0.15, 0.2) is 47.6 Å². The SMILES string of the molecule is [C-]#[N+]c1ncc(CN(C)C(=O)c2ccc(-c3cccc(C#N)c3)c(OCC)n2)c2c1C=NC2. The van der Waals surface area contributed by atoms with Crippen molar-refractivity contribution in [3.05, 3.63) is 82.0 Å². The van der Waals surface area contributed by atoms with Crippen LogP contribution in [0.5, 0.6) is 5.88 Å². The highest BCUT2D eigenvalue weighted by Crippen LogP contribution is 2.30. The Kier molecular flexibility index (Phi) is 6.10. The second-order valence-electron chi connectivity index (χ2n) is 7.42. The maximum absolute atomic E-state index is 13.1. The third kappa shape index (κ3) is 4.28. The summed E-state index contributed by atoms with van der Waals surface area (Å²) in [5, 5.41) is 9.19. The monoisotopic (exact) mass is 436 g/mol. The molecule has 3 aromatic rings. The molecular weight excluding hydrogens is 416 g/mol. The number of aliphatic imine (C=N–C) groups is 1. The average molecular weight is 436 g/mol. The van der Waals surface area contributed by atoms with E-state index in [0.717, 1.165) is 22.3 Å². The quantitative estimate of drug-likeness (QED) is 0.541. The predicted octanol–water partition coefficient (Wildman–Crippen LogP) is 4.17. The van der Waals surface area contributed by atoms with Crippen LogP contribution in [-0.2, 0) is 13.1 Å². The van der Waals surface area contributed by atoms with Crippen molar-refractivity contribution in [2.75, 3.05) is 13.7 Å². The summed E-state index contributed by atoms with van der Waals surface area (Å²) in [6.45, 7) is 10.3. The fourth-order valence-corrected chi connectivity index (χ4v) is 3.68. The zero-order chi connectivity index (χ0) is 23.4. The lowest BCUT2D eigenvalue weighted by molar-refractivity contribution is 0.0777. The van der Waals surface area contributed by atoms with Crippen molar-refractivity contribution in [3.63, 3.8) is 0 Å². The van der Waals surface area contributed by atoms with Crippen LogP contribution in [0.1, 0.15) is 39.7 Å². The van der Waals surface area contributed by atoms with Crippen molar-refractivity contribution < 1.29 is 9.53 Å². The number of ether oxygens (including phenoxy) is 1. The summed E-state index contributed by atoms with van der Waals surface area (Å²) < 4.78 is 5.72. The Labute approximate surface area is 191 Å². The maximum atomic E-state index is 13.1. The van der Waals surface area contributed by atoms with Gasteiger partial charge in [0.2, 0.25) is 5.88 Å². The van der Waals surface area contributed by atoms with Gasteiger partial charge in [0.05, 0.1) is 24.8 Å². The highest BCUT2D eigenvalue weighted by molar-refractivity contribution is 5.93. The highest BCUT2D eigenvalue weighted by atomic mass is 16.5. The smallest absolute Gasteiger partial charge is 0.278 e. The van der Waals surface area contributed by atoms with E-state index < -0.39 is 0 Å². The molecule has 2 aromatic heterocycles. The molecule has 8 nitrogen and oxygen atoms in total. The van der Waals surface area contributed by atoms with Crippen LogP contribution in [0.4, 0.5) is 5.82 Å². The largest absolute Gasteiger partial charge is 0.478 e. The van der Waals surface area contributed by atoms with Gasteiger partial charge < -0.3 is 14.5 Å². The van der Waals surface area contributed by atoms with Gasteiger partial charge in [-0.3, -0.25) is 9.79 Å². The third-order valence-corrected chi connectivity index (χ3v) is 5.29. The number of carbonyl (C=O) groups is 1. The van der Waals surface area contributed by atoms with Crippen LogP contribution in [-0.4, -0.2) is 40.6 Å². The molecule has 1 aromatic carbocycles. The van der Waals surface area contributed by atoms with Gasteiger partial charge in [0.25, 0.3) is 11.7 Å². The van der Waals surface area contributed by atoms with E-state index in [1.807, 2.05) is 13.0 Å². The number of benzene rings is 1. The molecule has 1 aliphatic rings. The molecule has 0 bridgehead atoms. The van der Waals surface area contributed by atoms with Crippen LogP contribution in [0, 0.1) is 17.9 Å². The Hall–Kier alpha value is -4.56. The number of nitrogens with zero attached hydrogens (tertiary/aromatic N) is 6. The number of fused-ring (bicyclic) bond motifs is 1. The second kappa shape index (κ2) is 9.29. The van der Waals surface area contributed by atoms with Crippen molar-refractivity contribution in [1.82, 2.24) is 14.9 Å². The fourth-order valence-electron chi connectivity index (χ4n) is 3.68. The van der Waals surface area contributed by atoms with E-state index in [2.05, 4.69) is 25.9 Å². The van der Waals surface area contributed by atoms with Crippen LogP contribution in [0.25, 0.3) is 16.0 Å². The van der Waals surface area contributed by atoms with Gasteiger partial charge in [0, 0.05) is 36.5 Å². The number of hydrogen-bond acceptors (Lipinski definition) is 6. The summed E-state index contributed by atoms with van der Waals surface area (Å²) in [6, 6.07) is 12.7. The van der Waals surface area contributed by atoms with Crippen molar-refractivity contribution in [2.45, 2.75) is 20.0 Å². The zero-order valence-electron chi connectivity index (χ0n) is 18.2. The molecule has 0 saturated heterocycles. The predicted molar refractivity (Wildman–Crippen MR) is 123 cm³/mol. The molecule has 0 N–H and O–H groups in total. The second-order valence-corrected chi connectivity index (χ2v) is 7.42. The summed E-state index contributed by atoms with van der Waals surface area (Å²) in [4.78, 5) is 31.1. The molecule has 0 atom stereocenters. The van der Waals surface area contributed by atoms with E-state index in [0.29, 0.717) is 42.5 Å². The van der Waals surface area contributed by atoms with Crippen molar-refractivity contribution in [3.8, 4) is 23.1 Å². The Balaban J connectivity index is 1.61. The molecular formula is C25H20N6O2. The first-order chi connectivity index (χ1) is 16.0. The van der Waals surface area contributed by atoms with Gasteiger partial charge in [-0.05, 0) is 42.3 Å². The minimum absolute atomic E-state index is 0.250. The molecule has 1 aliphatic heterocycles. The Bertz CT molecular complexity index is 1350. The first-order valence-corrected chi connectivity index (χ1v) is 10.3. The van der Waals surface area contributed by atoms with Crippen LogP contribution in [0.3, 0.4) is 0 Å². The summed E-state index contributed by atoms with van der Waals surface area (Å²) in [7, 11) is 1.69. The molecule has 1 amide bonds. The van der Waals surface area contributed by atoms with E-state index in [1.54, 1.807) is 54.7 Å². The minimum Gasteiger partial charge on any atom is -0.478 e. The molecule has 4 rings (SSSR count). The Morgan fingerprint density at radius 3 is 2.94 bits per heavy atom. The molecule has 8 heteroatoms. The lowest BCUT2D eigenvalue weighted by atomic mass is 10.0. The first-order valence-electron chi connectivity index (χ1n) is 10.3. The van der Waals surface area contributed by atoms with Gasteiger partial charge in [-0.1, -0.05) is 18.7 Å². The first kappa shape index (κ1) is 21.7. The van der Waals surface area contributed by atoms with Gasteiger partial charge in [-0.2, -0.15) is 5.26 Å². The number of carbonyl (C=O) groups excluding carboxylic acids is 1. The van der Waals surface area contributed by atoms with Gasteiger partial charge in [-0.15, -0.1) is 4.98 Å². The van der Waals surface area contributed by atoms with Gasteiger partial charge >= 0.3 is 0 Å². The number of pyridine rings is 2. The van der Waals surface area contributed by atoms with E-state index in [9.17, 15) is 10.1 Å². The van der Waals surface area contributed by atoms with E-state index in [1.165, 1.54) is 0 Å².